The summed E-state index contributed by atoms with van der Waals surface area (Å²) in [5.41, 5.74) is 1.14. The highest BCUT2D eigenvalue weighted by Crippen LogP contribution is 2.22. The van der Waals surface area contributed by atoms with E-state index in [0.29, 0.717) is 5.16 Å². The Morgan fingerprint density at radius 3 is 2.50 bits per heavy atom. The quantitative estimate of drug-likeness (QED) is 0.626. The van der Waals surface area contributed by atoms with Crippen molar-refractivity contribution in [3.63, 3.8) is 0 Å². The molecule has 1 amide bonds. The fourth-order valence-electron chi connectivity index (χ4n) is 2.14. The smallest absolute Gasteiger partial charge is 0.233 e. The average Bonchev–Trinajstić information content (AvgIpc) is 2.56. The lowest BCUT2D eigenvalue weighted by Crippen LogP contribution is -2.34. The summed E-state index contributed by atoms with van der Waals surface area (Å²) in [7, 11) is 0. The number of hydrogen-bond donors (Lipinski definition) is 1. The largest absolute Gasteiger partial charge is 0.348 e. The van der Waals surface area contributed by atoms with Gasteiger partial charge in [-0.25, -0.2) is 9.97 Å². The van der Waals surface area contributed by atoms with Crippen LogP contribution in [0.5, 0.6) is 0 Å². The van der Waals surface area contributed by atoms with Crippen LogP contribution in [0.3, 0.4) is 0 Å². The van der Waals surface area contributed by atoms with Crippen LogP contribution in [-0.2, 0) is 4.79 Å². The minimum absolute atomic E-state index is 0.0137. The summed E-state index contributed by atoms with van der Waals surface area (Å²) in [6.45, 7) is 4.00. The molecule has 0 aliphatic carbocycles. The molecule has 1 N–H and O–H groups in total. The molecule has 0 spiro atoms. The summed E-state index contributed by atoms with van der Waals surface area (Å²) in [5.74, 6) is 0.0137. The van der Waals surface area contributed by atoms with Crippen LogP contribution < -0.4 is 5.32 Å². The molecule has 0 aliphatic heterocycles. The molecule has 0 aliphatic rings. The summed E-state index contributed by atoms with van der Waals surface area (Å²) in [4.78, 5) is 20.7. The van der Waals surface area contributed by atoms with Crippen molar-refractivity contribution in [1.29, 1.82) is 0 Å². The van der Waals surface area contributed by atoms with Gasteiger partial charge in [-0.2, -0.15) is 0 Å². The number of rotatable bonds is 7. The van der Waals surface area contributed by atoms with Crippen molar-refractivity contribution in [2.24, 2.45) is 0 Å². The minimum Gasteiger partial charge on any atom is -0.348 e. The van der Waals surface area contributed by atoms with Gasteiger partial charge < -0.3 is 5.32 Å². The molecule has 0 saturated heterocycles. The fourth-order valence-corrected chi connectivity index (χ4v) is 2.88. The van der Waals surface area contributed by atoms with E-state index < -0.39 is 0 Å². The summed E-state index contributed by atoms with van der Waals surface area (Å²) in [5, 5.41) is 3.53. The molecule has 0 radical (unpaired) electrons. The lowest BCUT2D eigenvalue weighted by molar-refractivity contribution is -0.121. The second kappa shape index (κ2) is 8.54. The molecular formula is C17H21N3OS. The highest BCUT2D eigenvalue weighted by atomic mass is 32.2. The highest BCUT2D eigenvalue weighted by molar-refractivity contribution is 8.00. The first kappa shape index (κ1) is 16.5. The van der Waals surface area contributed by atoms with Crippen LogP contribution in [-0.4, -0.2) is 21.1 Å². The van der Waals surface area contributed by atoms with Gasteiger partial charge in [0.25, 0.3) is 0 Å². The van der Waals surface area contributed by atoms with Crippen LogP contribution in [0.4, 0.5) is 0 Å². The molecule has 116 valence electrons. The molecule has 5 heteroatoms. The van der Waals surface area contributed by atoms with E-state index in [1.54, 1.807) is 18.5 Å². The first-order valence-electron chi connectivity index (χ1n) is 7.49. The topological polar surface area (TPSA) is 54.9 Å². The van der Waals surface area contributed by atoms with Gasteiger partial charge in [0, 0.05) is 12.4 Å². The Kier molecular flexibility index (Phi) is 6.40. The van der Waals surface area contributed by atoms with Gasteiger partial charge in [-0.15, -0.1) is 0 Å². The van der Waals surface area contributed by atoms with Crippen molar-refractivity contribution in [3.05, 3.63) is 54.4 Å². The van der Waals surface area contributed by atoms with Crippen molar-refractivity contribution in [3.8, 4) is 0 Å². The zero-order valence-corrected chi connectivity index (χ0v) is 13.7. The molecule has 1 heterocycles. The van der Waals surface area contributed by atoms with Crippen LogP contribution in [0.15, 0.2) is 53.9 Å². The maximum atomic E-state index is 12.4. The normalized spacial score (nSPS) is 13.4. The third kappa shape index (κ3) is 4.84. The van der Waals surface area contributed by atoms with Gasteiger partial charge in [0.1, 0.15) is 0 Å². The van der Waals surface area contributed by atoms with Gasteiger partial charge in [0.15, 0.2) is 5.16 Å². The van der Waals surface area contributed by atoms with E-state index in [9.17, 15) is 4.79 Å². The number of benzene rings is 1. The molecule has 22 heavy (non-hydrogen) atoms. The Balaban J connectivity index is 1.98. The molecule has 4 nitrogen and oxygen atoms in total. The van der Waals surface area contributed by atoms with E-state index in [4.69, 9.17) is 0 Å². The molecule has 0 unspecified atom stereocenters. The van der Waals surface area contributed by atoms with Crippen LogP contribution in [0, 0.1) is 0 Å². The average molecular weight is 315 g/mol. The zero-order chi connectivity index (χ0) is 15.8. The first-order chi connectivity index (χ1) is 10.7. The standard InChI is InChI=1S/C17H21N3OS/c1-3-8-15(14-9-5-4-6-10-14)20-16(21)13(2)22-17-18-11-7-12-19-17/h4-7,9-13,15H,3,8H2,1-2H3,(H,20,21)/t13-,15-/m0/s1. The number of carbonyl (C=O) groups excluding carboxylic acids is 1. The van der Waals surface area contributed by atoms with E-state index in [-0.39, 0.29) is 17.2 Å². The van der Waals surface area contributed by atoms with Crippen LogP contribution in [0.2, 0.25) is 0 Å². The second-order valence-corrected chi connectivity index (χ2v) is 6.36. The van der Waals surface area contributed by atoms with Crippen molar-refractivity contribution in [2.45, 2.75) is 43.1 Å². The summed E-state index contributed by atoms with van der Waals surface area (Å²) in [6, 6.07) is 11.9. The van der Waals surface area contributed by atoms with Crippen LogP contribution in [0.1, 0.15) is 38.3 Å². The summed E-state index contributed by atoms with van der Waals surface area (Å²) in [6.07, 6.45) is 5.31. The molecular weight excluding hydrogens is 294 g/mol. The predicted octanol–water partition coefficient (Wildman–Crippen LogP) is 3.61. The third-order valence-corrected chi connectivity index (χ3v) is 4.28. The van der Waals surface area contributed by atoms with Crippen LogP contribution in [0.25, 0.3) is 0 Å². The number of hydrogen-bond acceptors (Lipinski definition) is 4. The Bertz CT molecular complexity index is 577. The number of nitrogens with zero attached hydrogens (tertiary/aromatic N) is 2. The molecule has 2 rings (SSSR count). The van der Waals surface area contributed by atoms with E-state index in [1.165, 1.54) is 11.8 Å². The summed E-state index contributed by atoms with van der Waals surface area (Å²) >= 11 is 1.37. The molecule has 0 bridgehead atoms. The minimum atomic E-state index is -0.231. The highest BCUT2D eigenvalue weighted by Gasteiger charge is 2.20. The second-order valence-electron chi connectivity index (χ2n) is 5.05. The molecule has 1 aromatic heterocycles. The maximum absolute atomic E-state index is 12.4. The molecule has 0 fully saturated rings. The monoisotopic (exact) mass is 315 g/mol. The lowest BCUT2D eigenvalue weighted by atomic mass is 10.0. The van der Waals surface area contributed by atoms with E-state index >= 15 is 0 Å². The van der Waals surface area contributed by atoms with Gasteiger partial charge in [0.2, 0.25) is 5.91 Å². The van der Waals surface area contributed by atoms with Gasteiger partial charge in [-0.1, -0.05) is 55.4 Å². The fraction of sp³-hybridized carbons (Fsp3) is 0.353. The number of carbonyl (C=O) groups is 1. The van der Waals surface area contributed by atoms with Gasteiger partial charge in [0.05, 0.1) is 11.3 Å². The Hall–Kier alpha value is -1.88. The van der Waals surface area contributed by atoms with Gasteiger partial charge >= 0.3 is 0 Å². The lowest BCUT2D eigenvalue weighted by Gasteiger charge is -2.20. The first-order valence-corrected chi connectivity index (χ1v) is 8.37. The van der Waals surface area contributed by atoms with Crippen molar-refractivity contribution in [1.82, 2.24) is 15.3 Å². The third-order valence-electron chi connectivity index (χ3n) is 3.29. The van der Waals surface area contributed by atoms with Crippen molar-refractivity contribution < 1.29 is 4.79 Å². The van der Waals surface area contributed by atoms with Gasteiger partial charge in [-0.3, -0.25) is 4.79 Å². The molecule has 1 aromatic carbocycles. The number of amides is 1. The number of nitrogens with one attached hydrogen (secondary N) is 1. The van der Waals surface area contributed by atoms with E-state index in [2.05, 4.69) is 34.3 Å². The SMILES string of the molecule is CCC[C@H](NC(=O)[C@H](C)Sc1ncccn1)c1ccccc1. The van der Waals surface area contributed by atoms with Crippen molar-refractivity contribution >= 4 is 17.7 Å². The molecule has 0 saturated carbocycles. The Morgan fingerprint density at radius 2 is 1.86 bits per heavy atom. The number of aromatic nitrogens is 2. The van der Waals surface area contributed by atoms with Crippen LogP contribution >= 0.6 is 11.8 Å². The van der Waals surface area contributed by atoms with Gasteiger partial charge in [-0.05, 0) is 25.0 Å². The predicted molar refractivity (Wildman–Crippen MR) is 89.6 cm³/mol. The molecule has 2 aromatic rings. The van der Waals surface area contributed by atoms with E-state index in [1.807, 2.05) is 25.1 Å². The molecule has 2 atom stereocenters. The Morgan fingerprint density at radius 1 is 1.18 bits per heavy atom. The van der Waals surface area contributed by atoms with E-state index in [0.717, 1.165) is 18.4 Å². The van der Waals surface area contributed by atoms with Crippen molar-refractivity contribution in [2.75, 3.05) is 0 Å². The zero-order valence-electron chi connectivity index (χ0n) is 12.9. The maximum Gasteiger partial charge on any atom is 0.233 e. The number of thioether (sulfide) groups is 1. The Labute approximate surface area is 135 Å². The summed E-state index contributed by atoms with van der Waals surface area (Å²) < 4.78 is 0.